The molecule has 0 radical (unpaired) electrons. The fraction of sp³-hybridized carbons (Fsp3) is 0.538. The minimum Gasteiger partial charge on any atom is -0.381 e. The van der Waals surface area contributed by atoms with Gasteiger partial charge in [0.05, 0.1) is 0 Å². The summed E-state index contributed by atoms with van der Waals surface area (Å²) in [6.45, 7) is 2.63. The normalized spacial score (nSPS) is 15.1. The van der Waals surface area contributed by atoms with Gasteiger partial charge in [0.25, 0.3) is 0 Å². The Hall–Kier alpha value is -1.20. The number of nitrogens with one attached hydrogen (secondary N) is 1. The van der Waals surface area contributed by atoms with Crippen molar-refractivity contribution >= 4 is 27.5 Å². The summed E-state index contributed by atoms with van der Waals surface area (Å²) in [5, 5.41) is 6.38. The minimum absolute atomic E-state index is 0.715. The lowest BCUT2D eigenvalue weighted by Crippen LogP contribution is -2.08. The van der Waals surface area contributed by atoms with Crippen molar-refractivity contribution in [1.29, 1.82) is 0 Å². The number of nitrogens with zero attached hydrogens (tertiary/aromatic N) is 2. The molecule has 2 aromatic rings. The quantitative estimate of drug-likeness (QED) is 0.780. The van der Waals surface area contributed by atoms with Crippen molar-refractivity contribution in [1.82, 2.24) is 9.97 Å². The summed E-state index contributed by atoms with van der Waals surface area (Å²) in [6, 6.07) is 2.04. The summed E-state index contributed by atoms with van der Waals surface area (Å²) in [5.74, 6) is 1.56. The highest BCUT2D eigenvalue weighted by atomic mass is 32.1. The van der Waals surface area contributed by atoms with E-state index in [1.165, 1.54) is 12.8 Å². The van der Waals surface area contributed by atoms with Crippen molar-refractivity contribution in [3.8, 4) is 0 Å². The Morgan fingerprint density at radius 2 is 2.39 bits per heavy atom. The molecule has 0 saturated heterocycles. The third-order valence-corrected chi connectivity index (χ3v) is 3.83. The highest BCUT2D eigenvalue weighted by molar-refractivity contribution is 7.16. The molecule has 1 saturated carbocycles. The molecule has 0 aliphatic heterocycles. The van der Waals surface area contributed by atoms with Crippen molar-refractivity contribution in [2.75, 3.05) is 25.1 Å². The van der Waals surface area contributed by atoms with Crippen LogP contribution in [0, 0.1) is 5.92 Å². The Morgan fingerprint density at radius 1 is 1.44 bits per heavy atom. The topological polar surface area (TPSA) is 47.0 Å². The third-order valence-electron chi connectivity index (χ3n) is 3.01. The molecule has 4 nitrogen and oxygen atoms in total. The molecule has 1 fully saturated rings. The summed E-state index contributed by atoms with van der Waals surface area (Å²) < 4.78 is 5.57. The number of thiophene rings is 1. The zero-order chi connectivity index (χ0) is 12.2. The van der Waals surface area contributed by atoms with Gasteiger partial charge in [-0.1, -0.05) is 0 Å². The molecule has 0 amide bonds. The van der Waals surface area contributed by atoms with Crippen molar-refractivity contribution in [3.63, 3.8) is 0 Å². The second-order valence-corrected chi connectivity index (χ2v) is 5.57. The largest absolute Gasteiger partial charge is 0.381 e. The van der Waals surface area contributed by atoms with E-state index in [0.717, 1.165) is 42.3 Å². The van der Waals surface area contributed by atoms with Gasteiger partial charge in [-0.05, 0) is 36.6 Å². The fourth-order valence-electron chi connectivity index (χ4n) is 1.75. The molecule has 5 heteroatoms. The highest BCUT2D eigenvalue weighted by Gasteiger charge is 2.20. The van der Waals surface area contributed by atoms with Crippen LogP contribution >= 0.6 is 11.3 Å². The van der Waals surface area contributed by atoms with E-state index >= 15 is 0 Å². The first-order valence-electron chi connectivity index (χ1n) is 6.44. The molecule has 2 aromatic heterocycles. The zero-order valence-corrected chi connectivity index (χ0v) is 11.1. The van der Waals surface area contributed by atoms with Crippen LogP contribution in [0.3, 0.4) is 0 Å². The molecule has 0 spiro atoms. The average Bonchev–Trinajstić information content (AvgIpc) is 3.09. The van der Waals surface area contributed by atoms with Crippen LogP contribution in [0.2, 0.25) is 0 Å². The predicted molar refractivity (Wildman–Crippen MR) is 74.1 cm³/mol. The van der Waals surface area contributed by atoms with Crippen molar-refractivity contribution in [3.05, 3.63) is 17.6 Å². The zero-order valence-electron chi connectivity index (χ0n) is 10.3. The van der Waals surface area contributed by atoms with Gasteiger partial charge in [0.2, 0.25) is 5.95 Å². The molecular weight excluding hydrogens is 246 g/mol. The maximum atomic E-state index is 5.57. The van der Waals surface area contributed by atoms with Crippen molar-refractivity contribution < 1.29 is 4.74 Å². The van der Waals surface area contributed by atoms with E-state index in [2.05, 4.69) is 15.3 Å². The monoisotopic (exact) mass is 263 g/mol. The predicted octanol–water partition coefficient (Wildman–Crippen LogP) is 2.92. The van der Waals surface area contributed by atoms with Gasteiger partial charge in [0.15, 0.2) is 0 Å². The lowest BCUT2D eigenvalue weighted by atomic mass is 10.4. The van der Waals surface area contributed by atoms with Crippen LogP contribution in [-0.4, -0.2) is 29.7 Å². The number of aromatic nitrogens is 2. The first-order valence-corrected chi connectivity index (χ1v) is 7.31. The van der Waals surface area contributed by atoms with Gasteiger partial charge in [-0.25, -0.2) is 9.97 Å². The average molecular weight is 263 g/mol. The molecule has 1 aliphatic carbocycles. The standard InChI is InChI=1S/C13H17N3OS/c1(6-17-9-10-2-3-10)5-14-13-15-8-11-4-7-18-12(11)16-13/h4,7-8,10H,1-3,5-6,9H2,(H,14,15,16). The first-order chi connectivity index (χ1) is 8.92. The van der Waals surface area contributed by atoms with E-state index in [4.69, 9.17) is 4.74 Å². The number of fused-ring (bicyclic) bond motifs is 1. The Bertz CT molecular complexity index is 510. The molecule has 0 unspecified atom stereocenters. The van der Waals surface area contributed by atoms with Crippen LogP contribution in [-0.2, 0) is 4.74 Å². The molecule has 2 heterocycles. The molecule has 0 aromatic carbocycles. The minimum atomic E-state index is 0.715. The van der Waals surface area contributed by atoms with Crippen LogP contribution < -0.4 is 5.32 Å². The third kappa shape index (κ3) is 3.17. The molecular formula is C13H17N3OS. The smallest absolute Gasteiger partial charge is 0.224 e. The second kappa shape index (κ2) is 5.63. The lowest BCUT2D eigenvalue weighted by molar-refractivity contribution is 0.124. The van der Waals surface area contributed by atoms with Gasteiger partial charge >= 0.3 is 0 Å². The summed E-state index contributed by atoms with van der Waals surface area (Å²) in [7, 11) is 0. The van der Waals surface area contributed by atoms with E-state index in [0.29, 0.717) is 5.95 Å². The summed E-state index contributed by atoms with van der Waals surface area (Å²) in [6.07, 6.45) is 5.57. The Morgan fingerprint density at radius 3 is 3.28 bits per heavy atom. The van der Waals surface area contributed by atoms with E-state index in [1.54, 1.807) is 11.3 Å². The van der Waals surface area contributed by atoms with Gasteiger partial charge in [-0.3, -0.25) is 0 Å². The Balaban J connectivity index is 1.38. The van der Waals surface area contributed by atoms with E-state index in [1.807, 2.05) is 17.6 Å². The molecule has 96 valence electrons. The molecule has 18 heavy (non-hydrogen) atoms. The molecule has 1 aliphatic rings. The number of rotatable bonds is 7. The van der Waals surface area contributed by atoms with Gasteiger partial charge in [-0.15, -0.1) is 11.3 Å². The Kier molecular flexibility index (Phi) is 3.71. The number of hydrogen-bond donors (Lipinski definition) is 1. The highest BCUT2D eigenvalue weighted by Crippen LogP contribution is 2.28. The number of hydrogen-bond acceptors (Lipinski definition) is 5. The molecule has 0 atom stereocenters. The van der Waals surface area contributed by atoms with Crippen LogP contribution in [0.25, 0.3) is 10.2 Å². The molecule has 1 N–H and O–H groups in total. The van der Waals surface area contributed by atoms with E-state index < -0.39 is 0 Å². The van der Waals surface area contributed by atoms with Gasteiger partial charge in [0, 0.05) is 31.3 Å². The summed E-state index contributed by atoms with van der Waals surface area (Å²) >= 11 is 1.64. The fourth-order valence-corrected chi connectivity index (χ4v) is 2.49. The maximum Gasteiger partial charge on any atom is 0.224 e. The van der Waals surface area contributed by atoms with Crippen LogP contribution in [0.4, 0.5) is 5.95 Å². The molecule has 3 rings (SSSR count). The SMILES string of the molecule is c1cc2cnc(NCCCOCC3CC3)nc2s1. The van der Waals surface area contributed by atoms with Crippen molar-refractivity contribution in [2.45, 2.75) is 19.3 Å². The number of ether oxygens (including phenoxy) is 1. The molecule has 0 bridgehead atoms. The summed E-state index contributed by atoms with van der Waals surface area (Å²) in [4.78, 5) is 9.76. The first kappa shape index (κ1) is 11.9. The van der Waals surface area contributed by atoms with Gasteiger partial charge in [0.1, 0.15) is 4.83 Å². The van der Waals surface area contributed by atoms with Crippen LogP contribution in [0.15, 0.2) is 17.6 Å². The van der Waals surface area contributed by atoms with Crippen LogP contribution in [0.1, 0.15) is 19.3 Å². The van der Waals surface area contributed by atoms with E-state index in [-0.39, 0.29) is 0 Å². The maximum absolute atomic E-state index is 5.57. The second-order valence-electron chi connectivity index (χ2n) is 4.67. The number of anilines is 1. The van der Waals surface area contributed by atoms with Crippen LogP contribution in [0.5, 0.6) is 0 Å². The Labute approximate surface area is 110 Å². The van der Waals surface area contributed by atoms with Gasteiger partial charge < -0.3 is 10.1 Å². The van der Waals surface area contributed by atoms with Gasteiger partial charge in [-0.2, -0.15) is 0 Å². The van der Waals surface area contributed by atoms with Crippen molar-refractivity contribution in [2.24, 2.45) is 5.92 Å². The van der Waals surface area contributed by atoms with E-state index in [9.17, 15) is 0 Å². The summed E-state index contributed by atoms with van der Waals surface area (Å²) in [5.41, 5.74) is 0. The lowest BCUT2D eigenvalue weighted by Gasteiger charge is -2.05.